The summed E-state index contributed by atoms with van der Waals surface area (Å²) in [6, 6.07) is 10.1. The van der Waals surface area contributed by atoms with E-state index in [1.807, 2.05) is 19.1 Å². The van der Waals surface area contributed by atoms with Crippen LogP contribution in [0.5, 0.6) is 0 Å². The third kappa shape index (κ3) is 3.49. The Balaban J connectivity index is 2.27. The van der Waals surface area contributed by atoms with Gasteiger partial charge in [0.1, 0.15) is 0 Å². The Kier molecular flexibility index (Phi) is 4.43. The second kappa shape index (κ2) is 6.10. The van der Waals surface area contributed by atoms with E-state index >= 15 is 0 Å². The van der Waals surface area contributed by atoms with E-state index < -0.39 is 5.97 Å². The summed E-state index contributed by atoms with van der Waals surface area (Å²) in [6.07, 6.45) is 0. The molecule has 4 nitrogen and oxygen atoms in total. The molecule has 21 heavy (non-hydrogen) atoms. The van der Waals surface area contributed by atoms with Gasteiger partial charge in [0.2, 0.25) is 0 Å². The fraction of sp³-hybridized carbons (Fsp3) is 0.125. The van der Waals surface area contributed by atoms with E-state index in [4.69, 9.17) is 5.11 Å². The largest absolute Gasteiger partial charge is 0.478 e. The molecule has 2 aromatic carbocycles. The highest BCUT2D eigenvalue weighted by atomic mass is 79.9. The molecule has 5 heteroatoms. The number of anilines is 1. The van der Waals surface area contributed by atoms with Crippen molar-refractivity contribution in [1.82, 2.24) is 0 Å². The predicted molar refractivity (Wildman–Crippen MR) is 85.0 cm³/mol. The smallest absolute Gasteiger partial charge is 0.335 e. The summed E-state index contributed by atoms with van der Waals surface area (Å²) in [4.78, 5) is 23.2. The molecule has 0 aromatic heterocycles. The molecule has 2 N–H and O–H groups in total. The van der Waals surface area contributed by atoms with E-state index in [0.29, 0.717) is 16.8 Å². The number of aromatic carboxylic acids is 1. The van der Waals surface area contributed by atoms with Crippen molar-refractivity contribution in [2.24, 2.45) is 0 Å². The van der Waals surface area contributed by atoms with Crippen LogP contribution in [0.25, 0.3) is 0 Å². The number of amides is 1. The number of aryl methyl sites for hydroxylation is 2. The Bertz CT molecular complexity index is 725. The zero-order chi connectivity index (χ0) is 15.6. The number of benzene rings is 2. The molecule has 0 aliphatic rings. The highest BCUT2D eigenvalue weighted by Crippen LogP contribution is 2.20. The zero-order valence-corrected chi connectivity index (χ0v) is 13.2. The second-order valence-corrected chi connectivity index (χ2v) is 5.66. The molecule has 2 rings (SSSR count). The van der Waals surface area contributed by atoms with Crippen molar-refractivity contribution in [3.63, 3.8) is 0 Å². The molecular weight excluding hydrogens is 334 g/mol. The fourth-order valence-corrected chi connectivity index (χ4v) is 2.33. The van der Waals surface area contributed by atoms with E-state index in [-0.39, 0.29) is 11.5 Å². The number of carbonyl (C=O) groups excluding carboxylic acids is 1. The molecule has 0 radical (unpaired) electrons. The van der Waals surface area contributed by atoms with Gasteiger partial charge in [-0.25, -0.2) is 4.79 Å². The van der Waals surface area contributed by atoms with Crippen LogP contribution < -0.4 is 5.32 Å². The predicted octanol–water partition coefficient (Wildman–Crippen LogP) is 4.02. The molecule has 0 bridgehead atoms. The van der Waals surface area contributed by atoms with Crippen LogP contribution in [0.1, 0.15) is 31.8 Å². The molecule has 0 spiro atoms. The monoisotopic (exact) mass is 347 g/mol. The zero-order valence-electron chi connectivity index (χ0n) is 11.6. The van der Waals surface area contributed by atoms with Gasteiger partial charge in [0.15, 0.2) is 0 Å². The van der Waals surface area contributed by atoms with Crippen molar-refractivity contribution in [2.75, 3.05) is 5.32 Å². The Morgan fingerprint density at radius 1 is 1.05 bits per heavy atom. The molecule has 0 aliphatic carbocycles. The van der Waals surface area contributed by atoms with Crippen molar-refractivity contribution < 1.29 is 14.7 Å². The number of halogens is 1. The van der Waals surface area contributed by atoms with Gasteiger partial charge in [0, 0.05) is 15.7 Å². The van der Waals surface area contributed by atoms with Gasteiger partial charge in [-0.05, 0) is 55.3 Å². The van der Waals surface area contributed by atoms with Gasteiger partial charge in [0.25, 0.3) is 5.91 Å². The summed E-state index contributed by atoms with van der Waals surface area (Å²) < 4.78 is 0.830. The maximum atomic E-state index is 12.3. The molecule has 0 saturated heterocycles. The maximum Gasteiger partial charge on any atom is 0.335 e. The minimum Gasteiger partial charge on any atom is -0.478 e. The van der Waals surface area contributed by atoms with Gasteiger partial charge in [-0.1, -0.05) is 22.0 Å². The first-order valence-electron chi connectivity index (χ1n) is 6.30. The number of carboxylic acid groups (broad SMARTS) is 1. The average molecular weight is 348 g/mol. The van der Waals surface area contributed by atoms with Crippen LogP contribution >= 0.6 is 15.9 Å². The van der Waals surface area contributed by atoms with Crippen molar-refractivity contribution >= 4 is 33.5 Å². The lowest BCUT2D eigenvalue weighted by Gasteiger charge is -2.11. The van der Waals surface area contributed by atoms with Crippen molar-refractivity contribution in [3.8, 4) is 0 Å². The average Bonchev–Trinajstić information content (AvgIpc) is 2.43. The highest BCUT2D eigenvalue weighted by molar-refractivity contribution is 9.10. The molecule has 108 valence electrons. The van der Waals surface area contributed by atoms with E-state index in [1.165, 1.54) is 12.1 Å². The number of rotatable bonds is 3. The van der Waals surface area contributed by atoms with Gasteiger partial charge in [-0.15, -0.1) is 0 Å². The van der Waals surface area contributed by atoms with Crippen LogP contribution in [0, 0.1) is 13.8 Å². The summed E-state index contributed by atoms with van der Waals surface area (Å²) in [5, 5.41) is 11.7. The van der Waals surface area contributed by atoms with Crippen LogP contribution in [-0.4, -0.2) is 17.0 Å². The Morgan fingerprint density at radius 3 is 2.38 bits per heavy atom. The third-order valence-corrected chi connectivity index (χ3v) is 3.66. The first-order valence-corrected chi connectivity index (χ1v) is 7.09. The van der Waals surface area contributed by atoms with Crippen LogP contribution in [0.3, 0.4) is 0 Å². The van der Waals surface area contributed by atoms with Crippen LogP contribution in [0.15, 0.2) is 40.9 Å². The van der Waals surface area contributed by atoms with Crippen LogP contribution in [-0.2, 0) is 0 Å². The summed E-state index contributed by atoms with van der Waals surface area (Å²) in [6.45, 7) is 3.62. The number of carbonyl (C=O) groups is 2. The number of carboxylic acids is 1. The Labute approximate surface area is 130 Å². The molecule has 0 atom stereocenters. The summed E-state index contributed by atoms with van der Waals surface area (Å²) in [5.41, 5.74) is 2.95. The molecule has 0 unspecified atom stereocenters. The minimum absolute atomic E-state index is 0.198. The lowest BCUT2D eigenvalue weighted by Crippen LogP contribution is -2.14. The van der Waals surface area contributed by atoms with Crippen molar-refractivity contribution in [3.05, 3.63) is 63.1 Å². The number of hydrogen-bond donors (Lipinski definition) is 2. The highest BCUT2D eigenvalue weighted by Gasteiger charge is 2.12. The van der Waals surface area contributed by atoms with Crippen LogP contribution in [0.4, 0.5) is 5.69 Å². The minimum atomic E-state index is -0.987. The lowest BCUT2D eigenvalue weighted by atomic mass is 10.1. The van der Waals surface area contributed by atoms with Gasteiger partial charge in [-0.3, -0.25) is 4.79 Å². The molecule has 0 fully saturated rings. The third-order valence-electron chi connectivity index (χ3n) is 3.17. The topological polar surface area (TPSA) is 66.4 Å². The standard InChI is InChI=1S/C16H14BrNO3/c1-9-3-5-12(17)8-13(9)15(19)18-14-6-4-11(16(20)21)7-10(14)2/h3-8H,1-2H3,(H,18,19)(H,20,21). The SMILES string of the molecule is Cc1cc(C(=O)O)ccc1NC(=O)c1cc(Br)ccc1C. The van der Waals surface area contributed by atoms with Crippen molar-refractivity contribution in [1.29, 1.82) is 0 Å². The maximum absolute atomic E-state index is 12.3. The van der Waals surface area contributed by atoms with Gasteiger partial charge < -0.3 is 10.4 Å². The normalized spacial score (nSPS) is 10.2. The van der Waals surface area contributed by atoms with E-state index in [1.54, 1.807) is 19.1 Å². The molecule has 2 aromatic rings. The Hall–Kier alpha value is -2.14. The molecule has 0 saturated carbocycles. The number of hydrogen-bond acceptors (Lipinski definition) is 2. The van der Waals surface area contributed by atoms with E-state index in [2.05, 4.69) is 21.2 Å². The quantitative estimate of drug-likeness (QED) is 0.881. The summed E-state index contributed by atoms with van der Waals surface area (Å²) in [7, 11) is 0. The molecule has 0 aliphatic heterocycles. The Morgan fingerprint density at radius 2 is 1.76 bits per heavy atom. The van der Waals surface area contributed by atoms with Gasteiger partial charge >= 0.3 is 5.97 Å². The van der Waals surface area contributed by atoms with Gasteiger partial charge in [-0.2, -0.15) is 0 Å². The second-order valence-electron chi connectivity index (χ2n) is 4.75. The van der Waals surface area contributed by atoms with E-state index in [9.17, 15) is 9.59 Å². The first-order chi connectivity index (χ1) is 9.88. The molecule has 1 amide bonds. The van der Waals surface area contributed by atoms with Crippen LogP contribution in [0.2, 0.25) is 0 Å². The molecular formula is C16H14BrNO3. The first kappa shape index (κ1) is 15.3. The lowest BCUT2D eigenvalue weighted by molar-refractivity contribution is 0.0696. The molecule has 0 heterocycles. The summed E-state index contributed by atoms with van der Waals surface area (Å²) in [5.74, 6) is -1.21. The van der Waals surface area contributed by atoms with Gasteiger partial charge in [0.05, 0.1) is 5.56 Å². The van der Waals surface area contributed by atoms with Crippen molar-refractivity contribution in [2.45, 2.75) is 13.8 Å². The summed E-state index contributed by atoms with van der Waals surface area (Å²) >= 11 is 3.34. The van der Waals surface area contributed by atoms with E-state index in [0.717, 1.165) is 10.0 Å². The number of nitrogens with one attached hydrogen (secondary N) is 1. The fourth-order valence-electron chi connectivity index (χ4n) is 1.97.